The third-order valence-electron chi connectivity index (χ3n) is 5.12. The van der Waals surface area contributed by atoms with Crippen molar-refractivity contribution in [2.45, 2.75) is 42.6 Å². The summed E-state index contributed by atoms with van der Waals surface area (Å²) in [6, 6.07) is 7.76. The van der Waals surface area contributed by atoms with E-state index in [-0.39, 0.29) is 22.2 Å². The third-order valence-corrected chi connectivity index (χ3v) is 7.29. The summed E-state index contributed by atoms with van der Waals surface area (Å²) < 4.78 is 12.3. The first-order valence-corrected chi connectivity index (χ1v) is 9.28. The van der Waals surface area contributed by atoms with Crippen LogP contribution in [0, 0.1) is 5.92 Å². The molecule has 2 fully saturated rings. The number of fused-ring (bicyclic) bond motifs is 3. The second-order valence-corrected chi connectivity index (χ2v) is 8.43. The van der Waals surface area contributed by atoms with E-state index in [4.69, 9.17) is 0 Å². The maximum atomic E-state index is 13.0. The summed E-state index contributed by atoms with van der Waals surface area (Å²) in [6.45, 7) is 0. The lowest BCUT2D eigenvalue weighted by atomic mass is 9.83. The monoisotopic (exact) mass is 313 g/mol. The van der Waals surface area contributed by atoms with Crippen LogP contribution in [0.5, 0.6) is 0 Å². The topological polar surface area (TPSA) is 47.0 Å². The summed E-state index contributed by atoms with van der Waals surface area (Å²) in [5, 5.41) is 2.46. The molecule has 2 aliphatic rings. The molecule has 2 bridgehead atoms. The smallest absolute Gasteiger partial charge is 0.166 e. The van der Waals surface area contributed by atoms with Gasteiger partial charge in [-0.15, -0.1) is 0 Å². The fraction of sp³-hybridized carbons (Fsp3) is 0.444. The van der Waals surface area contributed by atoms with E-state index >= 15 is 0 Å². The van der Waals surface area contributed by atoms with E-state index in [0.717, 1.165) is 42.0 Å². The molecule has 0 amide bonds. The quantitative estimate of drug-likeness (QED) is 0.797. The highest BCUT2D eigenvalue weighted by molar-refractivity contribution is 7.86. The van der Waals surface area contributed by atoms with Gasteiger partial charge in [-0.05, 0) is 37.1 Å². The highest BCUT2D eigenvalue weighted by Gasteiger charge is 2.40. The Balaban J connectivity index is 1.68. The van der Waals surface area contributed by atoms with Crippen LogP contribution in [0.1, 0.15) is 42.5 Å². The Morgan fingerprint density at radius 2 is 1.91 bits per heavy atom. The fourth-order valence-corrected chi connectivity index (χ4v) is 6.19. The molecule has 1 aromatic carbocycles. The number of carbonyl (C=O) groups excluding carboxylic acids is 1. The predicted molar refractivity (Wildman–Crippen MR) is 88.4 cm³/mol. The number of pyridine rings is 1. The van der Waals surface area contributed by atoms with Crippen molar-refractivity contribution in [1.82, 2.24) is 4.98 Å². The van der Waals surface area contributed by atoms with Crippen molar-refractivity contribution in [2.75, 3.05) is 0 Å². The molecule has 0 N–H and O–H groups in total. The maximum absolute atomic E-state index is 13.0. The first-order valence-electron chi connectivity index (χ1n) is 8.00. The maximum Gasteiger partial charge on any atom is 0.166 e. The van der Waals surface area contributed by atoms with E-state index in [0.29, 0.717) is 0 Å². The normalized spacial score (nSPS) is 31.1. The minimum absolute atomic E-state index is 0.0340. The van der Waals surface area contributed by atoms with Crippen LogP contribution in [0.4, 0.5) is 0 Å². The molecule has 3 heterocycles. The Morgan fingerprint density at radius 3 is 2.68 bits per heavy atom. The molecule has 1 aromatic heterocycles. The molecule has 0 spiro atoms. The Hall–Kier alpha value is -1.55. The summed E-state index contributed by atoms with van der Waals surface area (Å²) in [5.41, 5.74) is 0.802. The van der Waals surface area contributed by atoms with Crippen LogP contribution in [0.2, 0.25) is 0 Å². The van der Waals surface area contributed by atoms with Gasteiger partial charge in [-0.3, -0.25) is 14.0 Å². The Bertz CT molecular complexity index is 736. The number of nitrogens with zero attached hydrogens (tertiary/aromatic N) is 1. The van der Waals surface area contributed by atoms with Gasteiger partial charge < -0.3 is 0 Å². The van der Waals surface area contributed by atoms with Gasteiger partial charge in [0, 0.05) is 50.6 Å². The van der Waals surface area contributed by atoms with Gasteiger partial charge in [0.15, 0.2) is 5.78 Å². The van der Waals surface area contributed by atoms with E-state index in [1.807, 2.05) is 24.3 Å². The largest absolute Gasteiger partial charge is 0.294 e. The molecular formula is C18H19NO2S. The van der Waals surface area contributed by atoms with Crippen molar-refractivity contribution in [3.05, 3.63) is 42.2 Å². The van der Waals surface area contributed by atoms with Crippen LogP contribution >= 0.6 is 0 Å². The number of hydrogen-bond donors (Lipinski definition) is 0. The van der Waals surface area contributed by atoms with Gasteiger partial charge in [-0.25, -0.2) is 0 Å². The standard InChI is InChI=1S/C18H19NO2S/c20-18(13-9-14-4-2-5-15(10-13)22(14)21)17-6-1-3-12-11-19-8-7-16(12)17/h1,3,6-8,11,13-15H,2,4-5,9-10H2. The van der Waals surface area contributed by atoms with Gasteiger partial charge in [0.25, 0.3) is 0 Å². The molecule has 0 saturated carbocycles. The Kier molecular flexibility index (Phi) is 3.57. The van der Waals surface area contributed by atoms with Crippen LogP contribution in [0.25, 0.3) is 10.8 Å². The molecule has 2 atom stereocenters. The third kappa shape index (κ3) is 2.30. The summed E-state index contributed by atoms with van der Waals surface area (Å²) in [7, 11) is -0.719. The van der Waals surface area contributed by atoms with Crippen LogP contribution in [-0.4, -0.2) is 25.5 Å². The molecule has 2 saturated heterocycles. The Labute approximate surface area is 132 Å². The molecule has 2 aliphatic heterocycles. The van der Waals surface area contributed by atoms with Crippen molar-refractivity contribution in [2.24, 2.45) is 5.92 Å². The first kappa shape index (κ1) is 14.1. The van der Waals surface area contributed by atoms with Gasteiger partial charge in [-0.2, -0.15) is 0 Å². The summed E-state index contributed by atoms with van der Waals surface area (Å²) in [4.78, 5) is 17.2. The molecule has 4 heteroatoms. The molecule has 114 valence electrons. The van der Waals surface area contributed by atoms with Gasteiger partial charge in [0.05, 0.1) is 0 Å². The number of carbonyl (C=O) groups is 1. The minimum Gasteiger partial charge on any atom is -0.294 e. The SMILES string of the molecule is O=C(c1cccc2cnccc12)C1CC2CCCC(C1)S2=O. The summed E-state index contributed by atoms with van der Waals surface area (Å²) in [6.07, 6.45) is 8.34. The number of aromatic nitrogens is 1. The molecule has 22 heavy (non-hydrogen) atoms. The molecule has 2 unspecified atom stereocenters. The number of ketones is 1. The van der Waals surface area contributed by atoms with E-state index in [9.17, 15) is 9.00 Å². The van der Waals surface area contributed by atoms with Crippen molar-refractivity contribution in [3.63, 3.8) is 0 Å². The van der Waals surface area contributed by atoms with Crippen molar-refractivity contribution >= 4 is 27.4 Å². The predicted octanol–water partition coefficient (Wildman–Crippen LogP) is 3.50. The van der Waals surface area contributed by atoms with E-state index in [1.165, 1.54) is 6.42 Å². The lowest BCUT2D eigenvalue weighted by molar-refractivity contribution is 0.0897. The van der Waals surface area contributed by atoms with E-state index < -0.39 is 10.8 Å². The number of hydrogen-bond acceptors (Lipinski definition) is 3. The van der Waals surface area contributed by atoms with Crippen molar-refractivity contribution in [3.8, 4) is 0 Å². The number of rotatable bonds is 2. The van der Waals surface area contributed by atoms with Crippen LogP contribution < -0.4 is 0 Å². The Morgan fingerprint density at radius 1 is 1.14 bits per heavy atom. The zero-order chi connectivity index (χ0) is 15.1. The highest BCUT2D eigenvalue weighted by atomic mass is 32.2. The van der Waals surface area contributed by atoms with Crippen molar-refractivity contribution in [1.29, 1.82) is 0 Å². The summed E-state index contributed by atoms with van der Waals surface area (Å²) >= 11 is 0. The molecule has 4 rings (SSSR count). The zero-order valence-corrected chi connectivity index (χ0v) is 13.2. The lowest BCUT2D eigenvalue weighted by Gasteiger charge is -2.37. The van der Waals surface area contributed by atoms with Crippen LogP contribution in [0.15, 0.2) is 36.7 Å². The number of benzene rings is 1. The molecular weight excluding hydrogens is 294 g/mol. The zero-order valence-electron chi connectivity index (χ0n) is 12.4. The van der Waals surface area contributed by atoms with Gasteiger partial charge in [0.1, 0.15) is 0 Å². The van der Waals surface area contributed by atoms with Gasteiger partial charge in [-0.1, -0.05) is 24.6 Å². The van der Waals surface area contributed by atoms with Gasteiger partial charge in [0.2, 0.25) is 0 Å². The average molecular weight is 313 g/mol. The molecule has 3 nitrogen and oxygen atoms in total. The van der Waals surface area contributed by atoms with E-state index in [2.05, 4.69) is 4.98 Å². The highest BCUT2D eigenvalue weighted by Crippen LogP contribution is 2.38. The molecule has 0 aliphatic carbocycles. The van der Waals surface area contributed by atoms with Crippen molar-refractivity contribution < 1.29 is 9.00 Å². The molecule has 0 radical (unpaired) electrons. The molecule has 2 aromatic rings. The fourth-order valence-electron chi connectivity index (χ4n) is 4.01. The summed E-state index contributed by atoms with van der Waals surface area (Å²) in [5.74, 6) is 0.261. The van der Waals surface area contributed by atoms with E-state index in [1.54, 1.807) is 12.4 Å². The lowest BCUT2D eigenvalue weighted by Crippen LogP contribution is -2.41. The second-order valence-electron chi connectivity index (χ2n) is 6.44. The average Bonchev–Trinajstić information content (AvgIpc) is 2.53. The minimum atomic E-state index is -0.719. The first-order chi connectivity index (χ1) is 10.7. The second kappa shape index (κ2) is 5.58. The van der Waals surface area contributed by atoms with Crippen LogP contribution in [-0.2, 0) is 10.8 Å². The number of Topliss-reactive ketones (excluding diaryl/α,β-unsaturated/α-hetero) is 1. The van der Waals surface area contributed by atoms with Crippen LogP contribution in [0.3, 0.4) is 0 Å². The van der Waals surface area contributed by atoms with Gasteiger partial charge >= 0.3 is 0 Å².